The molecule has 0 saturated heterocycles. The Bertz CT molecular complexity index is 362. The molecule has 0 aromatic carbocycles. The molecular weight excluding hydrogens is 312 g/mol. The number of hydrogen-bond donors (Lipinski definition) is 4. The lowest BCUT2D eigenvalue weighted by Crippen LogP contribution is -2.44. The molecule has 7 nitrogen and oxygen atoms in total. The van der Waals surface area contributed by atoms with E-state index in [9.17, 15) is 8.42 Å². The Balaban J connectivity index is 3.73. The predicted octanol–water partition coefficient (Wildman–Crippen LogP) is 2.12. The van der Waals surface area contributed by atoms with Crippen LogP contribution in [0.4, 0.5) is 0 Å². The average molecular weight is 342 g/mol. The van der Waals surface area contributed by atoms with E-state index in [2.05, 4.69) is 11.1 Å². The molecule has 0 amide bonds. The molecule has 0 aromatic heterocycles. The van der Waals surface area contributed by atoms with Gasteiger partial charge in [0.1, 0.15) is 0 Å². The highest BCUT2D eigenvalue weighted by Gasteiger charge is 2.36. The Morgan fingerprint density at radius 2 is 1.27 bits per heavy atom. The van der Waals surface area contributed by atoms with Crippen molar-refractivity contribution in [1.82, 2.24) is 0 Å². The fraction of sp³-hybridized carbons (Fsp3) is 1.00. The van der Waals surface area contributed by atoms with Gasteiger partial charge < -0.3 is 15.3 Å². The number of hydrogen-bond acceptors (Lipinski definition) is 6. The molecule has 0 radical (unpaired) electrons. The highest BCUT2D eigenvalue weighted by Crippen LogP contribution is 2.18. The van der Waals surface area contributed by atoms with Crippen molar-refractivity contribution in [2.75, 3.05) is 0 Å². The second-order valence-corrected chi connectivity index (χ2v) is 6.72. The molecule has 0 aliphatic heterocycles. The van der Waals surface area contributed by atoms with Crippen LogP contribution < -0.4 is 0 Å². The van der Waals surface area contributed by atoms with Gasteiger partial charge in [-0.05, 0) is 6.42 Å². The minimum atomic E-state index is -4.85. The molecule has 22 heavy (non-hydrogen) atoms. The normalized spacial score (nSPS) is 14.2. The zero-order valence-electron chi connectivity index (χ0n) is 13.3. The lowest BCUT2D eigenvalue weighted by molar-refractivity contribution is -0.350. The maximum atomic E-state index is 10.6. The summed E-state index contributed by atoms with van der Waals surface area (Å²) in [4.78, 5) is 0. The Hall–Kier alpha value is -0.250. The van der Waals surface area contributed by atoms with Gasteiger partial charge in [0.25, 0.3) is 0 Å². The number of rotatable bonds is 14. The third-order valence-electron chi connectivity index (χ3n) is 3.49. The molecule has 0 heterocycles. The van der Waals surface area contributed by atoms with E-state index < -0.39 is 22.5 Å². The first-order valence-corrected chi connectivity index (χ1v) is 9.36. The largest absolute Gasteiger partial charge is 0.397 e. The molecule has 0 rings (SSSR count). The predicted molar refractivity (Wildman–Crippen MR) is 82.3 cm³/mol. The van der Waals surface area contributed by atoms with Gasteiger partial charge in [0.05, 0.1) is 0 Å². The Morgan fingerprint density at radius 1 is 0.864 bits per heavy atom. The summed E-state index contributed by atoms with van der Waals surface area (Å²) in [6, 6.07) is 0. The monoisotopic (exact) mass is 342 g/mol. The summed E-state index contributed by atoms with van der Waals surface area (Å²) < 4.78 is 33.7. The number of aliphatic hydroxyl groups is 3. The third-order valence-corrected chi connectivity index (χ3v) is 3.97. The van der Waals surface area contributed by atoms with Crippen molar-refractivity contribution in [2.24, 2.45) is 0 Å². The van der Waals surface area contributed by atoms with Gasteiger partial charge in [-0.25, -0.2) is 4.18 Å². The summed E-state index contributed by atoms with van der Waals surface area (Å²) in [5, 5.41) is 27.0. The molecule has 8 heteroatoms. The first-order chi connectivity index (χ1) is 10.2. The Labute approximate surface area is 133 Å². The van der Waals surface area contributed by atoms with E-state index >= 15 is 0 Å². The van der Waals surface area contributed by atoms with Crippen LogP contribution >= 0.6 is 0 Å². The fourth-order valence-corrected chi connectivity index (χ4v) is 2.79. The van der Waals surface area contributed by atoms with Crippen molar-refractivity contribution in [3.63, 3.8) is 0 Å². The summed E-state index contributed by atoms with van der Waals surface area (Å²) in [6.45, 7) is 2.18. The summed E-state index contributed by atoms with van der Waals surface area (Å²) in [6.07, 6.45) is 8.75. The van der Waals surface area contributed by atoms with Gasteiger partial charge in [-0.1, -0.05) is 71.1 Å². The van der Waals surface area contributed by atoms with Crippen molar-refractivity contribution >= 4 is 10.4 Å². The van der Waals surface area contributed by atoms with E-state index in [0.717, 1.165) is 25.7 Å². The number of unbranched alkanes of at least 4 members (excludes halogenated alkanes) is 9. The van der Waals surface area contributed by atoms with Gasteiger partial charge in [0.2, 0.25) is 0 Å². The van der Waals surface area contributed by atoms with Crippen molar-refractivity contribution in [2.45, 2.75) is 89.6 Å². The zero-order valence-corrected chi connectivity index (χ0v) is 14.1. The maximum Gasteiger partial charge on any atom is 0.397 e. The lowest BCUT2D eigenvalue weighted by atomic mass is 10.0. The minimum Gasteiger partial charge on any atom is -0.342 e. The van der Waals surface area contributed by atoms with Crippen LogP contribution in [0.25, 0.3) is 0 Å². The van der Waals surface area contributed by atoms with Crippen LogP contribution in [0, 0.1) is 0 Å². The smallest absolute Gasteiger partial charge is 0.342 e. The van der Waals surface area contributed by atoms with Crippen LogP contribution in [-0.4, -0.2) is 40.4 Å². The summed E-state index contributed by atoms with van der Waals surface area (Å²) >= 11 is 0. The van der Waals surface area contributed by atoms with E-state index in [1.165, 1.54) is 32.1 Å². The first-order valence-electron chi connectivity index (χ1n) is 7.99. The summed E-state index contributed by atoms with van der Waals surface area (Å²) in [5.74, 6) is -3.30. The van der Waals surface area contributed by atoms with Crippen molar-refractivity contribution in [3.8, 4) is 0 Å². The van der Waals surface area contributed by atoms with E-state index in [4.69, 9.17) is 19.9 Å². The van der Waals surface area contributed by atoms with Gasteiger partial charge in [0.15, 0.2) is 6.10 Å². The van der Waals surface area contributed by atoms with Gasteiger partial charge in [-0.15, -0.1) is 0 Å². The second-order valence-electron chi connectivity index (χ2n) is 5.67. The highest BCUT2D eigenvalue weighted by atomic mass is 32.3. The van der Waals surface area contributed by atoms with E-state index in [1.54, 1.807) is 0 Å². The molecule has 0 fully saturated rings. The van der Waals surface area contributed by atoms with Crippen LogP contribution in [-0.2, 0) is 14.6 Å². The molecule has 0 aromatic rings. The molecule has 4 N–H and O–H groups in total. The molecule has 1 atom stereocenters. The summed E-state index contributed by atoms with van der Waals surface area (Å²) in [7, 11) is -4.85. The van der Waals surface area contributed by atoms with Crippen LogP contribution in [0.3, 0.4) is 0 Å². The fourth-order valence-electron chi connectivity index (χ4n) is 2.27. The SMILES string of the molecule is CCCCCCCCCCCCC(OS(=O)(=O)O)C(O)(O)O. The topological polar surface area (TPSA) is 124 Å². The first kappa shape index (κ1) is 21.8. The van der Waals surface area contributed by atoms with Gasteiger partial charge in [0, 0.05) is 0 Å². The quantitative estimate of drug-likeness (QED) is 0.216. The molecule has 0 aliphatic rings. The standard InChI is InChI=1S/C14H30O7S/c1-2-3-4-5-6-7-8-9-10-11-12-13(14(15,16)17)21-22(18,19)20/h13,15-17H,2-12H2,1H3,(H,18,19,20). The molecule has 0 bridgehead atoms. The molecule has 0 aliphatic carbocycles. The van der Waals surface area contributed by atoms with Crippen molar-refractivity contribution in [3.05, 3.63) is 0 Å². The van der Waals surface area contributed by atoms with E-state index in [-0.39, 0.29) is 6.42 Å². The molecule has 134 valence electrons. The minimum absolute atomic E-state index is 0.0835. The van der Waals surface area contributed by atoms with Gasteiger partial charge in [-0.3, -0.25) is 4.55 Å². The zero-order chi connectivity index (χ0) is 17.1. The average Bonchev–Trinajstić information content (AvgIpc) is 2.37. The lowest BCUT2D eigenvalue weighted by Gasteiger charge is -2.24. The molecule has 0 spiro atoms. The Kier molecular flexibility index (Phi) is 11.2. The van der Waals surface area contributed by atoms with Crippen LogP contribution in [0.5, 0.6) is 0 Å². The van der Waals surface area contributed by atoms with Crippen molar-refractivity contribution < 1.29 is 32.5 Å². The highest BCUT2D eigenvalue weighted by molar-refractivity contribution is 7.80. The van der Waals surface area contributed by atoms with Gasteiger partial charge >= 0.3 is 16.4 Å². The Morgan fingerprint density at radius 3 is 1.64 bits per heavy atom. The van der Waals surface area contributed by atoms with Crippen molar-refractivity contribution in [1.29, 1.82) is 0 Å². The van der Waals surface area contributed by atoms with Gasteiger partial charge in [-0.2, -0.15) is 8.42 Å². The maximum absolute atomic E-state index is 10.6. The van der Waals surface area contributed by atoms with Crippen LogP contribution in [0.1, 0.15) is 77.6 Å². The second kappa shape index (κ2) is 11.3. The molecular formula is C14H30O7S. The summed E-state index contributed by atoms with van der Waals surface area (Å²) in [5.41, 5.74) is 0. The van der Waals surface area contributed by atoms with Crippen LogP contribution in [0.15, 0.2) is 0 Å². The van der Waals surface area contributed by atoms with Crippen LogP contribution in [0.2, 0.25) is 0 Å². The van der Waals surface area contributed by atoms with E-state index in [0.29, 0.717) is 6.42 Å². The van der Waals surface area contributed by atoms with E-state index in [1.807, 2.05) is 0 Å². The third kappa shape index (κ3) is 13.4. The molecule has 1 unspecified atom stereocenters. The molecule has 0 saturated carbocycles.